The molecule has 0 fully saturated rings. The van der Waals surface area contributed by atoms with Crippen LogP contribution in [0.5, 0.6) is 0 Å². The van der Waals surface area contributed by atoms with Gasteiger partial charge in [0.2, 0.25) is 0 Å². The third-order valence-corrected chi connectivity index (χ3v) is 3.96. The average molecular weight is 360 g/mol. The molecular weight excluding hydrogens is 344 g/mol. The van der Waals surface area contributed by atoms with E-state index < -0.39 is 28.5 Å². The molecule has 2 aromatic rings. The smallest absolute Gasteiger partial charge is 0.338 e. The number of hydrogen-bond donors (Lipinski definition) is 2. The van der Waals surface area contributed by atoms with E-state index in [0.29, 0.717) is 0 Å². The maximum atomic E-state index is 12.1. The molecule has 0 aliphatic heterocycles. The predicted molar refractivity (Wildman–Crippen MR) is 93.9 cm³/mol. The Morgan fingerprint density at radius 1 is 1.08 bits per heavy atom. The van der Waals surface area contributed by atoms with E-state index in [2.05, 4.69) is 9.46 Å². The Labute approximate surface area is 145 Å². The largest absolute Gasteiger partial charge is 0.452 e. The van der Waals surface area contributed by atoms with Gasteiger partial charge in [-0.15, -0.1) is 0 Å². The molecule has 1 amide bonds. The van der Waals surface area contributed by atoms with Crippen LogP contribution in [-0.2, 0) is 19.6 Å². The Hall–Kier alpha value is -3.13. The molecule has 0 aromatic heterocycles. The Bertz CT molecular complexity index is 892. The summed E-state index contributed by atoms with van der Waals surface area (Å²) >= 11 is 0. The van der Waals surface area contributed by atoms with E-state index in [1.165, 1.54) is 30.3 Å². The minimum atomic E-state index is -3.76. The van der Waals surface area contributed by atoms with Crippen LogP contribution in [0.15, 0.2) is 60.0 Å². The van der Waals surface area contributed by atoms with Crippen LogP contribution in [0.1, 0.15) is 15.9 Å². The number of primary amides is 1. The summed E-state index contributed by atoms with van der Waals surface area (Å²) in [5.74, 6) is -1.56. The van der Waals surface area contributed by atoms with Gasteiger partial charge in [-0.3, -0.25) is 9.52 Å². The first-order valence-electron chi connectivity index (χ1n) is 7.17. The molecule has 0 unspecified atom stereocenters. The third-order valence-electron chi connectivity index (χ3n) is 2.94. The first-order chi connectivity index (χ1) is 11.9. The van der Waals surface area contributed by atoms with Gasteiger partial charge in [0.1, 0.15) is 0 Å². The van der Waals surface area contributed by atoms with E-state index in [1.54, 1.807) is 24.3 Å². The number of hydrogen-bond acceptors (Lipinski definition) is 5. The van der Waals surface area contributed by atoms with Gasteiger partial charge in [0.15, 0.2) is 6.61 Å². The van der Waals surface area contributed by atoms with Crippen molar-refractivity contribution in [1.82, 2.24) is 0 Å². The number of amides is 1. The van der Waals surface area contributed by atoms with E-state index in [4.69, 9.17) is 5.73 Å². The van der Waals surface area contributed by atoms with E-state index in [9.17, 15) is 18.0 Å². The quantitative estimate of drug-likeness (QED) is 0.730. The Morgan fingerprint density at radius 2 is 1.80 bits per heavy atom. The highest BCUT2D eigenvalue weighted by atomic mass is 32.2. The van der Waals surface area contributed by atoms with Gasteiger partial charge in [-0.25, -0.2) is 13.2 Å². The van der Waals surface area contributed by atoms with E-state index >= 15 is 0 Å². The zero-order valence-electron chi connectivity index (χ0n) is 13.1. The lowest BCUT2D eigenvalue weighted by Gasteiger charge is -2.07. The van der Waals surface area contributed by atoms with Gasteiger partial charge in [-0.1, -0.05) is 36.4 Å². The summed E-state index contributed by atoms with van der Waals surface area (Å²) < 4.78 is 31.2. The fourth-order valence-corrected chi connectivity index (χ4v) is 2.72. The number of rotatable bonds is 7. The van der Waals surface area contributed by atoms with Crippen molar-refractivity contribution in [2.45, 2.75) is 0 Å². The van der Waals surface area contributed by atoms with E-state index in [-0.39, 0.29) is 11.3 Å². The second-order valence-corrected chi connectivity index (χ2v) is 6.55. The number of carbonyl (C=O) groups is 2. The summed E-state index contributed by atoms with van der Waals surface area (Å²) in [6.45, 7) is -0.547. The van der Waals surface area contributed by atoms with Crippen LogP contribution in [0.3, 0.4) is 0 Å². The molecule has 3 N–H and O–H groups in total. The molecule has 7 nitrogen and oxygen atoms in total. The third kappa shape index (κ3) is 6.11. The summed E-state index contributed by atoms with van der Waals surface area (Å²) in [5, 5.41) is 1.03. The molecule has 130 valence electrons. The molecule has 25 heavy (non-hydrogen) atoms. The molecule has 0 atom stereocenters. The van der Waals surface area contributed by atoms with Crippen molar-refractivity contribution >= 4 is 33.7 Å². The maximum absolute atomic E-state index is 12.1. The van der Waals surface area contributed by atoms with Crippen LogP contribution < -0.4 is 10.5 Å². The van der Waals surface area contributed by atoms with Crippen LogP contribution in [0.4, 0.5) is 5.69 Å². The highest BCUT2D eigenvalue weighted by Crippen LogP contribution is 2.14. The maximum Gasteiger partial charge on any atom is 0.338 e. The Balaban J connectivity index is 2.09. The molecule has 2 rings (SSSR count). The minimum Gasteiger partial charge on any atom is -0.452 e. The zero-order valence-corrected chi connectivity index (χ0v) is 13.9. The molecule has 0 radical (unpaired) electrons. The molecule has 0 heterocycles. The standard InChI is InChI=1S/C17H16N2O5S/c18-16(20)12-24-17(21)14-7-4-8-15(11-14)19-25(22,23)10-9-13-5-2-1-3-6-13/h1-11,19H,12H2,(H2,18,20). The zero-order chi connectivity index (χ0) is 18.3. The van der Waals surface area contributed by atoms with Gasteiger partial charge in [-0.05, 0) is 29.8 Å². The number of nitrogens with one attached hydrogen (secondary N) is 1. The first kappa shape index (κ1) is 18.2. The van der Waals surface area contributed by atoms with Crippen molar-refractivity contribution in [3.05, 3.63) is 71.1 Å². The topological polar surface area (TPSA) is 116 Å². The lowest BCUT2D eigenvalue weighted by atomic mass is 10.2. The second-order valence-electron chi connectivity index (χ2n) is 4.98. The van der Waals surface area contributed by atoms with Crippen LogP contribution >= 0.6 is 0 Å². The molecular formula is C17H16N2O5S. The molecule has 0 aliphatic carbocycles. The Morgan fingerprint density at radius 3 is 2.48 bits per heavy atom. The van der Waals surface area contributed by atoms with E-state index in [0.717, 1.165) is 11.0 Å². The SMILES string of the molecule is NC(=O)COC(=O)c1cccc(NS(=O)(=O)C=Cc2ccccc2)c1. The fourth-order valence-electron chi connectivity index (χ4n) is 1.86. The summed E-state index contributed by atoms with van der Waals surface area (Å²) in [4.78, 5) is 22.4. The number of carbonyl (C=O) groups excluding carboxylic acids is 2. The van der Waals surface area contributed by atoms with Gasteiger partial charge in [0.25, 0.3) is 15.9 Å². The van der Waals surface area contributed by atoms with Gasteiger partial charge >= 0.3 is 5.97 Å². The van der Waals surface area contributed by atoms with Crippen molar-refractivity contribution < 1.29 is 22.7 Å². The van der Waals surface area contributed by atoms with Crippen LogP contribution in [0.25, 0.3) is 6.08 Å². The lowest BCUT2D eigenvalue weighted by molar-refractivity contribution is -0.121. The van der Waals surface area contributed by atoms with Crippen molar-refractivity contribution in [1.29, 1.82) is 0 Å². The summed E-state index contributed by atoms with van der Waals surface area (Å²) in [6.07, 6.45) is 1.45. The number of benzene rings is 2. The molecule has 0 saturated heterocycles. The summed E-state index contributed by atoms with van der Waals surface area (Å²) in [6, 6.07) is 14.6. The van der Waals surface area contributed by atoms with Crippen molar-refractivity contribution in [3.8, 4) is 0 Å². The highest BCUT2D eigenvalue weighted by molar-refractivity contribution is 7.95. The normalized spacial score (nSPS) is 11.2. The highest BCUT2D eigenvalue weighted by Gasteiger charge is 2.11. The number of anilines is 1. The van der Waals surface area contributed by atoms with Gasteiger partial charge in [0, 0.05) is 5.69 Å². The molecule has 2 aromatic carbocycles. The van der Waals surface area contributed by atoms with Crippen LogP contribution in [0, 0.1) is 0 Å². The number of esters is 1. The molecule has 0 aliphatic rings. The first-order valence-corrected chi connectivity index (χ1v) is 8.72. The Kier molecular flexibility index (Phi) is 5.91. The van der Waals surface area contributed by atoms with Crippen LogP contribution in [-0.4, -0.2) is 26.9 Å². The van der Waals surface area contributed by atoms with Crippen molar-refractivity contribution in [2.75, 3.05) is 11.3 Å². The second kappa shape index (κ2) is 8.11. The van der Waals surface area contributed by atoms with Gasteiger partial charge in [0.05, 0.1) is 11.0 Å². The average Bonchev–Trinajstić information content (AvgIpc) is 2.59. The number of sulfonamides is 1. The predicted octanol–water partition coefficient (Wildman–Crippen LogP) is 1.74. The molecule has 0 saturated carbocycles. The fraction of sp³-hybridized carbons (Fsp3) is 0.0588. The number of ether oxygens (including phenoxy) is 1. The minimum absolute atomic E-state index is 0.0912. The lowest BCUT2D eigenvalue weighted by Crippen LogP contribution is -2.21. The van der Waals surface area contributed by atoms with Gasteiger partial charge in [-0.2, -0.15) is 0 Å². The van der Waals surface area contributed by atoms with Crippen molar-refractivity contribution in [3.63, 3.8) is 0 Å². The number of nitrogens with two attached hydrogens (primary N) is 1. The monoisotopic (exact) mass is 360 g/mol. The molecule has 8 heteroatoms. The molecule has 0 spiro atoms. The van der Waals surface area contributed by atoms with Crippen LogP contribution in [0.2, 0.25) is 0 Å². The summed E-state index contributed by atoms with van der Waals surface area (Å²) in [7, 11) is -3.76. The molecule has 0 bridgehead atoms. The summed E-state index contributed by atoms with van der Waals surface area (Å²) in [5.41, 5.74) is 5.91. The van der Waals surface area contributed by atoms with Crippen molar-refractivity contribution in [2.24, 2.45) is 5.73 Å². The van der Waals surface area contributed by atoms with Gasteiger partial charge < -0.3 is 10.5 Å². The van der Waals surface area contributed by atoms with E-state index in [1.807, 2.05) is 6.07 Å².